The van der Waals surface area contributed by atoms with Gasteiger partial charge in [-0.1, -0.05) is 67.1 Å². The molecule has 1 fully saturated rings. The minimum Gasteiger partial charge on any atom is -0.488 e. The van der Waals surface area contributed by atoms with Gasteiger partial charge in [-0.25, -0.2) is 0 Å². The standard InChI is InChI=1S/C27H24N2O3S/c1-3-19-11-13-22(14-12-19)29-26(31)23(25(30)28-27(29)33)16-21-9-4-5-10-24(21)32-17-20-8-6-7-18(2)15-20/h4-16H,3,17H2,1-2H3,(H,28,30,33)/b23-16+. The molecule has 0 aliphatic carbocycles. The third-order valence-electron chi connectivity index (χ3n) is 5.40. The summed E-state index contributed by atoms with van der Waals surface area (Å²) in [5.74, 6) is -0.416. The second-order valence-electron chi connectivity index (χ2n) is 7.79. The van der Waals surface area contributed by atoms with Gasteiger partial charge in [0.15, 0.2) is 5.11 Å². The Balaban J connectivity index is 1.62. The average Bonchev–Trinajstić information content (AvgIpc) is 2.81. The second-order valence-corrected chi connectivity index (χ2v) is 8.18. The molecule has 1 aliphatic rings. The maximum absolute atomic E-state index is 13.3. The van der Waals surface area contributed by atoms with Gasteiger partial charge >= 0.3 is 0 Å². The lowest BCUT2D eigenvalue weighted by molar-refractivity contribution is -0.122. The summed E-state index contributed by atoms with van der Waals surface area (Å²) in [4.78, 5) is 27.3. The molecule has 0 bridgehead atoms. The molecule has 1 saturated heterocycles. The number of rotatable bonds is 6. The van der Waals surface area contributed by atoms with Gasteiger partial charge in [-0.2, -0.15) is 0 Å². The number of hydrogen-bond donors (Lipinski definition) is 1. The van der Waals surface area contributed by atoms with Crippen LogP contribution in [0.1, 0.15) is 29.2 Å². The molecule has 1 heterocycles. The van der Waals surface area contributed by atoms with Crippen LogP contribution in [0, 0.1) is 6.92 Å². The highest BCUT2D eigenvalue weighted by molar-refractivity contribution is 7.80. The van der Waals surface area contributed by atoms with Crippen LogP contribution in [-0.4, -0.2) is 16.9 Å². The second kappa shape index (κ2) is 9.79. The van der Waals surface area contributed by atoms with E-state index in [1.807, 2.05) is 73.7 Å². The number of hydrogen-bond acceptors (Lipinski definition) is 4. The van der Waals surface area contributed by atoms with Crippen molar-refractivity contribution in [2.24, 2.45) is 0 Å². The van der Waals surface area contributed by atoms with Gasteiger partial charge in [0.05, 0.1) is 5.69 Å². The van der Waals surface area contributed by atoms with Crippen LogP contribution < -0.4 is 15.0 Å². The van der Waals surface area contributed by atoms with Gasteiger partial charge in [0.25, 0.3) is 11.8 Å². The van der Waals surface area contributed by atoms with E-state index >= 15 is 0 Å². The van der Waals surface area contributed by atoms with Crippen molar-refractivity contribution in [3.8, 4) is 5.75 Å². The molecule has 0 aromatic heterocycles. The van der Waals surface area contributed by atoms with Crippen LogP contribution in [0.15, 0.2) is 78.4 Å². The molecule has 0 unspecified atom stereocenters. The maximum Gasteiger partial charge on any atom is 0.270 e. The number of carbonyl (C=O) groups excluding carboxylic acids is 2. The minimum atomic E-state index is -0.528. The number of aryl methyl sites for hydroxylation is 2. The molecule has 2 amide bonds. The number of nitrogens with zero attached hydrogens (tertiary/aromatic N) is 1. The Morgan fingerprint density at radius 1 is 0.970 bits per heavy atom. The number of carbonyl (C=O) groups is 2. The summed E-state index contributed by atoms with van der Waals surface area (Å²) in [6.07, 6.45) is 2.44. The van der Waals surface area contributed by atoms with Crippen LogP contribution in [-0.2, 0) is 22.6 Å². The lowest BCUT2D eigenvalue weighted by Gasteiger charge is -2.29. The number of amides is 2. The van der Waals surface area contributed by atoms with Crippen LogP contribution in [0.4, 0.5) is 5.69 Å². The quantitative estimate of drug-likeness (QED) is 0.323. The molecule has 1 N–H and O–H groups in total. The molecule has 33 heavy (non-hydrogen) atoms. The lowest BCUT2D eigenvalue weighted by Crippen LogP contribution is -2.54. The molecule has 0 saturated carbocycles. The summed E-state index contributed by atoms with van der Waals surface area (Å²) < 4.78 is 6.02. The van der Waals surface area contributed by atoms with Gasteiger partial charge in [-0.15, -0.1) is 0 Å². The minimum absolute atomic E-state index is 0.00484. The van der Waals surface area contributed by atoms with Crippen molar-refractivity contribution in [3.05, 3.63) is 101 Å². The highest BCUT2D eigenvalue weighted by Crippen LogP contribution is 2.26. The molecule has 1 aliphatic heterocycles. The zero-order valence-electron chi connectivity index (χ0n) is 18.5. The van der Waals surface area contributed by atoms with Gasteiger partial charge in [0.1, 0.15) is 17.9 Å². The first-order chi connectivity index (χ1) is 16.0. The lowest BCUT2D eigenvalue weighted by atomic mass is 10.1. The fraction of sp³-hybridized carbons (Fsp3) is 0.148. The van der Waals surface area contributed by atoms with Crippen molar-refractivity contribution >= 4 is 40.9 Å². The van der Waals surface area contributed by atoms with E-state index in [2.05, 4.69) is 18.3 Å². The van der Waals surface area contributed by atoms with Crippen molar-refractivity contribution in [2.45, 2.75) is 26.9 Å². The van der Waals surface area contributed by atoms with Crippen LogP contribution in [0.5, 0.6) is 5.75 Å². The van der Waals surface area contributed by atoms with Crippen molar-refractivity contribution in [1.29, 1.82) is 0 Å². The summed E-state index contributed by atoms with van der Waals surface area (Å²) in [6, 6.07) is 22.9. The Morgan fingerprint density at radius 2 is 1.73 bits per heavy atom. The number of benzene rings is 3. The highest BCUT2D eigenvalue weighted by atomic mass is 32.1. The Labute approximate surface area is 198 Å². The largest absolute Gasteiger partial charge is 0.488 e. The Morgan fingerprint density at radius 3 is 2.45 bits per heavy atom. The van der Waals surface area contributed by atoms with E-state index in [9.17, 15) is 9.59 Å². The SMILES string of the molecule is CCc1ccc(N2C(=O)/C(=C/c3ccccc3OCc3cccc(C)c3)C(=O)NC2=S)cc1. The number of nitrogens with one attached hydrogen (secondary N) is 1. The molecule has 166 valence electrons. The van der Waals surface area contributed by atoms with Crippen LogP contribution >= 0.6 is 12.2 Å². The Bertz CT molecular complexity index is 1250. The molecule has 0 atom stereocenters. The maximum atomic E-state index is 13.3. The van der Waals surface area contributed by atoms with Crippen molar-refractivity contribution in [3.63, 3.8) is 0 Å². The molecule has 0 radical (unpaired) electrons. The first kappa shape index (κ1) is 22.4. The zero-order valence-corrected chi connectivity index (χ0v) is 19.3. The summed E-state index contributed by atoms with van der Waals surface area (Å²) in [5.41, 5.74) is 4.58. The van der Waals surface area contributed by atoms with E-state index in [0.29, 0.717) is 23.6 Å². The van der Waals surface area contributed by atoms with Crippen LogP contribution in [0.3, 0.4) is 0 Å². The van der Waals surface area contributed by atoms with Gasteiger partial charge in [-0.3, -0.25) is 19.8 Å². The monoisotopic (exact) mass is 456 g/mol. The van der Waals surface area contributed by atoms with Crippen molar-refractivity contribution in [1.82, 2.24) is 5.32 Å². The zero-order chi connectivity index (χ0) is 23.4. The molecule has 6 heteroatoms. The van der Waals surface area contributed by atoms with Gasteiger partial charge in [0, 0.05) is 5.56 Å². The predicted octanol–water partition coefficient (Wildman–Crippen LogP) is 4.97. The highest BCUT2D eigenvalue weighted by Gasteiger charge is 2.34. The number of ether oxygens (including phenoxy) is 1. The van der Waals surface area contributed by atoms with E-state index < -0.39 is 11.8 Å². The third-order valence-corrected chi connectivity index (χ3v) is 5.68. The average molecular weight is 457 g/mol. The molecule has 5 nitrogen and oxygen atoms in total. The van der Waals surface area contributed by atoms with E-state index in [4.69, 9.17) is 17.0 Å². The van der Waals surface area contributed by atoms with Gasteiger partial charge < -0.3 is 4.74 Å². The van der Waals surface area contributed by atoms with E-state index in [-0.39, 0.29) is 10.7 Å². The fourth-order valence-corrected chi connectivity index (χ4v) is 3.90. The van der Waals surface area contributed by atoms with E-state index in [1.54, 1.807) is 6.08 Å². The smallest absolute Gasteiger partial charge is 0.270 e. The Hall–Kier alpha value is -3.77. The van der Waals surface area contributed by atoms with Crippen LogP contribution in [0.25, 0.3) is 6.08 Å². The molecule has 4 rings (SSSR count). The van der Waals surface area contributed by atoms with Crippen LogP contribution in [0.2, 0.25) is 0 Å². The number of anilines is 1. The molecule has 0 spiro atoms. The fourth-order valence-electron chi connectivity index (χ4n) is 3.62. The molecule has 3 aromatic rings. The first-order valence-electron chi connectivity index (χ1n) is 10.7. The normalized spacial score (nSPS) is 15.0. The summed E-state index contributed by atoms with van der Waals surface area (Å²) >= 11 is 5.30. The van der Waals surface area contributed by atoms with Crippen molar-refractivity contribution < 1.29 is 14.3 Å². The first-order valence-corrected chi connectivity index (χ1v) is 11.1. The Kier molecular flexibility index (Phi) is 6.66. The third kappa shape index (κ3) is 5.02. The summed E-state index contributed by atoms with van der Waals surface area (Å²) in [6.45, 7) is 4.47. The van der Waals surface area contributed by atoms with Gasteiger partial charge in [0.2, 0.25) is 0 Å². The molecule has 3 aromatic carbocycles. The molecular weight excluding hydrogens is 432 g/mol. The predicted molar refractivity (Wildman–Crippen MR) is 134 cm³/mol. The topological polar surface area (TPSA) is 58.6 Å². The van der Waals surface area contributed by atoms with E-state index in [1.165, 1.54) is 4.90 Å². The summed E-state index contributed by atoms with van der Waals surface area (Å²) in [5, 5.41) is 2.69. The molecular formula is C27H24N2O3S. The van der Waals surface area contributed by atoms with Crippen molar-refractivity contribution in [2.75, 3.05) is 4.90 Å². The summed E-state index contributed by atoms with van der Waals surface area (Å²) in [7, 11) is 0. The number of thiocarbonyl (C=S) groups is 1. The number of para-hydroxylation sites is 1. The van der Waals surface area contributed by atoms with Gasteiger partial charge in [-0.05, 0) is 61.0 Å². The van der Waals surface area contributed by atoms with E-state index in [0.717, 1.165) is 23.1 Å².